The molecular weight excluding hydrogens is 152 g/mol. The fraction of sp³-hybridized carbons (Fsp3) is 0. The molecule has 0 heterocycles. The van der Waals surface area contributed by atoms with E-state index in [0.717, 1.165) is 0 Å². The molecule has 0 saturated heterocycles. The Morgan fingerprint density at radius 3 is 1.33 bits per heavy atom. The molecule has 6 heteroatoms. The summed E-state index contributed by atoms with van der Waals surface area (Å²) in [4.78, 5) is 8.25. The van der Waals surface area contributed by atoms with Gasteiger partial charge in [-0.15, -0.1) is 0 Å². The molecule has 0 amide bonds. The van der Waals surface area contributed by atoms with E-state index in [2.05, 4.69) is 0 Å². The molecule has 0 N–H and O–H groups in total. The van der Waals surface area contributed by atoms with Crippen LogP contribution in [0.3, 0.4) is 0 Å². The second-order valence-corrected chi connectivity index (χ2v) is 0.224. The Kier molecular flexibility index (Phi) is 24.7. The van der Waals surface area contributed by atoms with Crippen LogP contribution in [0, 0.1) is 15.3 Å². The third-order valence-corrected chi connectivity index (χ3v) is 0. The zero-order valence-electron chi connectivity index (χ0n) is 2.43. The van der Waals surface area contributed by atoms with E-state index in [9.17, 15) is 0 Å². The minimum absolute atomic E-state index is 0. The van der Waals surface area contributed by atoms with E-state index >= 15 is 0 Å². The van der Waals surface area contributed by atoms with Gasteiger partial charge in [0.1, 0.15) is 0 Å². The fourth-order valence-electron chi connectivity index (χ4n) is 0. The molecule has 0 aromatic carbocycles. The van der Waals surface area contributed by atoms with Gasteiger partial charge in [0.05, 0.1) is 5.09 Å². The number of nitrogens with zero attached hydrogens (tertiary/aromatic N) is 1. The van der Waals surface area contributed by atoms with Gasteiger partial charge in [-0.1, -0.05) is 0 Å². The van der Waals surface area contributed by atoms with Crippen molar-refractivity contribution >= 4 is 0 Å². The van der Waals surface area contributed by atoms with Crippen molar-refractivity contribution in [1.29, 1.82) is 0 Å². The number of rotatable bonds is 0. The summed E-state index contributed by atoms with van der Waals surface area (Å²) in [6.45, 7) is 0. The molecule has 0 atom stereocenters. The Bertz CT molecular complexity index is 33.8. The van der Waals surface area contributed by atoms with Gasteiger partial charge < -0.3 is 27.7 Å². The van der Waals surface area contributed by atoms with Gasteiger partial charge in [-0.05, 0) is 0 Å². The monoisotopic (exact) mass is 152 g/mol. The Balaban J connectivity index is -0.0000000450. The summed E-state index contributed by atoms with van der Waals surface area (Å²) in [5, 5.41) is 14.8. The van der Waals surface area contributed by atoms with Crippen molar-refractivity contribution in [1.82, 2.24) is 0 Å². The van der Waals surface area contributed by atoms with Crippen LogP contribution >= 0.6 is 0 Å². The van der Waals surface area contributed by atoms with Crippen molar-refractivity contribution in [2.24, 2.45) is 0 Å². The molecule has 0 saturated carbocycles. The molecule has 0 bridgehead atoms. The molecular formula is ClMnNO3. The van der Waals surface area contributed by atoms with Crippen molar-refractivity contribution in [3.05, 3.63) is 15.3 Å². The predicted octanol–water partition coefficient (Wildman–Crippen LogP) is -3.24. The van der Waals surface area contributed by atoms with Crippen LogP contribution in [0.25, 0.3) is 0 Å². The zero-order valence-corrected chi connectivity index (χ0v) is 4.36. The van der Waals surface area contributed by atoms with Crippen molar-refractivity contribution < 1.29 is 34.6 Å². The van der Waals surface area contributed by atoms with Crippen LogP contribution in [0.15, 0.2) is 0 Å². The van der Waals surface area contributed by atoms with Gasteiger partial charge in [-0.3, -0.25) is 0 Å². The van der Waals surface area contributed by atoms with Crippen molar-refractivity contribution in [3.63, 3.8) is 0 Å². The molecule has 1 radical (unpaired) electrons. The van der Waals surface area contributed by atoms with Crippen LogP contribution in [0.1, 0.15) is 0 Å². The average molecular weight is 152 g/mol. The number of hydrogen-bond donors (Lipinski definition) is 0. The summed E-state index contributed by atoms with van der Waals surface area (Å²) in [6, 6.07) is 0. The summed E-state index contributed by atoms with van der Waals surface area (Å²) in [5.41, 5.74) is 0. The Labute approximate surface area is 50.5 Å². The van der Waals surface area contributed by atoms with E-state index in [-0.39, 0.29) is 29.5 Å². The maximum atomic E-state index is 8.25. The first-order chi connectivity index (χ1) is 1.73. The number of halogens is 1. The molecule has 0 spiro atoms. The quantitative estimate of drug-likeness (QED) is 0.208. The third kappa shape index (κ3) is 404000. The second kappa shape index (κ2) is 8.89. The number of hydrogen-bond acceptors (Lipinski definition) is 3. The molecule has 0 aliphatic rings. The van der Waals surface area contributed by atoms with Crippen molar-refractivity contribution in [2.45, 2.75) is 0 Å². The molecule has 0 aromatic heterocycles. The molecule has 0 rings (SSSR count). The smallest absolute Gasteiger partial charge is 1.00 e. The van der Waals surface area contributed by atoms with Gasteiger partial charge in [0.25, 0.3) is 0 Å². The predicted molar refractivity (Wildman–Crippen MR) is 10.4 cm³/mol. The van der Waals surface area contributed by atoms with Gasteiger partial charge in [0, 0.05) is 0 Å². The van der Waals surface area contributed by atoms with Crippen LogP contribution in [0.4, 0.5) is 0 Å². The van der Waals surface area contributed by atoms with Crippen LogP contribution < -0.4 is 12.4 Å². The van der Waals surface area contributed by atoms with Gasteiger partial charge in [0.2, 0.25) is 0 Å². The zero-order chi connectivity index (χ0) is 3.58. The van der Waals surface area contributed by atoms with Crippen LogP contribution in [0.2, 0.25) is 0 Å². The fourth-order valence-corrected chi connectivity index (χ4v) is 0. The summed E-state index contributed by atoms with van der Waals surface area (Å²) in [6.07, 6.45) is 0. The summed E-state index contributed by atoms with van der Waals surface area (Å²) in [7, 11) is 0. The van der Waals surface area contributed by atoms with E-state index in [4.69, 9.17) is 15.3 Å². The van der Waals surface area contributed by atoms with E-state index in [0.29, 0.717) is 0 Å². The molecule has 0 aliphatic carbocycles. The topological polar surface area (TPSA) is 66.2 Å². The minimum Gasteiger partial charge on any atom is -1.00 e. The Hall–Kier alpha value is 0.00948. The Morgan fingerprint density at radius 2 is 1.33 bits per heavy atom. The molecule has 0 aromatic rings. The SMILES string of the molecule is O=[N+]([O-])[O-].[Cl-].[Mn+2]. The van der Waals surface area contributed by atoms with E-state index in [1.165, 1.54) is 0 Å². The Morgan fingerprint density at radius 1 is 1.33 bits per heavy atom. The van der Waals surface area contributed by atoms with Crippen LogP contribution in [-0.4, -0.2) is 5.09 Å². The second-order valence-electron chi connectivity index (χ2n) is 0.224. The standard InChI is InChI=1S/ClH.Mn.NO3/c;;2-1(3)4/h1H;;/q;+2;-1/p-1. The maximum Gasteiger partial charge on any atom is 2.00 e. The van der Waals surface area contributed by atoms with Gasteiger partial charge in [0.15, 0.2) is 0 Å². The minimum atomic E-state index is -1.75. The molecule has 6 heavy (non-hydrogen) atoms. The van der Waals surface area contributed by atoms with Gasteiger partial charge in [-0.25, -0.2) is 0 Å². The summed E-state index contributed by atoms with van der Waals surface area (Å²) in [5.74, 6) is 0. The van der Waals surface area contributed by atoms with E-state index in [1.54, 1.807) is 0 Å². The third-order valence-electron chi connectivity index (χ3n) is 0. The first-order valence-electron chi connectivity index (χ1n) is 0.548. The van der Waals surface area contributed by atoms with E-state index in [1.807, 2.05) is 0 Å². The molecule has 37 valence electrons. The van der Waals surface area contributed by atoms with Crippen molar-refractivity contribution in [3.8, 4) is 0 Å². The molecule has 0 fully saturated rings. The maximum absolute atomic E-state index is 8.25. The normalized spacial score (nSPS) is 4.00. The van der Waals surface area contributed by atoms with Gasteiger partial charge >= 0.3 is 17.1 Å². The molecule has 0 aliphatic heterocycles. The summed E-state index contributed by atoms with van der Waals surface area (Å²) < 4.78 is 0. The van der Waals surface area contributed by atoms with Crippen LogP contribution in [0.5, 0.6) is 0 Å². The van der Waals surface area contributed by atoms with Gasteiger partial charge in [-0.2, -0.15) is 0 Å². The molecule has 4 nitrogen and oxygen atoms in total. The van der Waals surface area contributed by atoms with Crippen molar-refractivity contribution in [2.75, 3.05) is 0 Å². The average Bonchev–Trinajstić information content (AvgIpc) is 0.811. The van der Waals surface area contributed by atoms with Crippen LogP contribution in [-0.2, 0) is 17.1 Å². The largest absolute Gasteiger partial charge is 2.00 e. The first kappa shape index (κ1) is 16.7. The molecule has 0 unspecified atom stereocenters. The first-order valence-corrected chi connectivity index (χ1v) is 0.548. The van der Waals surface area contributed by atoms with E-state index < -0.39 is 5.09 Å². The summed E-state index contributed by atoms with van der Waals surface area (Å²) >= 11 is 0.